The monoisotopic (exact) mass is 498 g/mol. The van der Waals surface area contributed by atoms with Gasteiger partial charge in [-0.05, 0) is 49.9 Å². The van der Waals surface area contributed by atoms with Gasteiger partial charge in [0.15, 0.2) is 0 Å². The van der Waals surface area contributed by atoms with Crippen LogP contribution in [-0.4, -0.2) is 27.0 Å². The van der Waals surface area contributed by atoms with Gasteiger partial charge in [0.2, 0.25) is 11.8 Å². The second-order valence-corrected chi connectivity index (χ2v) is 8.95. The van der Waals surface area contributed by atoms with E-state index in [1.807, 2.05) is 32.0 Å². The molecule has 0 bridgehead atoms. The van der Waals surface area contributed by atoms with Gasteiger partial charge >= 0.3 is 5.69 Å². The van der Waals surface area contributed by atoms with Crippen LogP contribution in [0.5, 0.6) is 0 Å². The average molecular weight is 499 g/mol. The molecule has 9 heteroatoms. The largest absolute Gasteiger partial charge is 0.352 e. The van der Waals surface area contributed by atoms with Crippen LogP contribution in [0.2, 0.25) is 5.02 Å². The SMILES string of the molecule is CC[C@H](C)NC(=O)Cn1c(=O)n(CCCCC(=O)NCc2ccccc2Cl)c(=O)c2ccccc21. The number of rotatable bonds is 11. The first-order valence-corrected chi connectivity index (χ1v) is 12.2. The second kappa shape index (κ2) is 12.4. The lowest BCUT2D eigenvalue weighted by Gasteiger charge is -2.16. The summed E-state index contributed by atoms with van der Waals surface area (Å²) in [7, 11) is 0. The van der Waals surface area contributed by atoms with E-state index in [-0.39, 0.29) is 37.4 Å². The molecular weight excluding hydrogens is 468 g/mol. The maximum atomic E-state index is 13.2. The van der Waals surface area contributed by atoms with E-state index in [9.17, 15) is 19.2 Å². The Morgan fingerprint density at radius 1 is 0.971 bits per heavy atom. The molecule has 1 atom stereocenters. The topological polar surface area (TPSA) is 102 Å². The standard InChI is InChI=1S/C26H31ClN4O4/c1-3-18(2)29-24(33)17-31-22-13-7-5-11-20(22)25(34)30(26(31)35)15-9-8-14-23(32)28-16-19-10-4-6-12-21(19)27/h4-7,10-13,18H,3,8-9,14-17H2,1-2H3,(H,28,32)(H,29,33)/t18-/m0/s1. The summed E-state index contributed by atoms with van der Waals surface area (Å²) in [5, 5.41) is 6.66. The van der Waals surface area contributed by atoms with Crippen molar-refractivity contribution in [1.82, 2.24) is 19.8 Å². The second-order valence-electron chi connectivity index (χ2n) is 8.54. The number of halogens is 1. The molecule has 1 aromatic heterocycles. The molecular formula is C26H31ClN4O4. The highest BCUT2D eigenvalue weighted by molar-refractivity contribution is 6.31. The number of amides is 2. The van der Waals surface area contributed by atoms with Crippen LogP contribution in [0.15, 0.2) is 58.1 Å². The number of hydrogen-bond acceptors (Lipinski definition) is 4. The van der Waals surface area contributed by atoms with E-state index in [2.05, 4.69) is 10.6 Å². The Bertz CT molecular complexity index is 1310. The maximum Gasteiger partial charge on any atom is 0.331 e. The Balaban J connectivity index is 1.67. The molecule has 0 aliphatic rings. The van der Waals surface area contributed by atoms with E-state index in [0.29, 0.717) is 35.3 Å². The minimum atomic E-state index is -0.531. The lowest BCUT2D eigenvalue weighted by Crippen LogP contribution is -2.43. The molecule has 0 aliphatic heterocycles. The molecule has 0 spiro atoms. The predicted molar refractivity (Wildman–Crippen MR) is 138 cm³/mol. The van der Waals surface area contributed by atoms with Gasteiger partial charge in [-0.15, -0.1) is 0 Å². The Morgan fingerprint density at radius 2 is 1.69 bits per heavy atom. The molecule has 0 saturated carbocycles. The maximum absolute atomic E-state index is 13.2. The van der Waals surface area contributed by atoms with Gasteiger partial charge in [-0.1, -0.05) is 48.9 Å². The first kappa shape index (κ1) is 26.2. The number of carbonyl (C=O) groups is 2. The summed E-state index contributed by atoms with van der Waals surface area (Å²) >= 11 is 6.11. The van der Waals surface area contributed by atoms with Crippen molar-refractivity contribution in [2.24, 2.45) is 0 Å². The number of para-hydroxylation sites is 1. The van der Waals surface area contributed by atoms with Gasteiger partial charge < -0.3 is 10.6 Å². The molecule has 2 amide bonds. The van der Waals surface area contributed by atoms with Gasteiger partial charge in [0, 0.05) is 30.6 Å². The van der Waals surface area contributed by atoms with Crippen LogP contribution in [0.4, 0.5) is 0 Å². The number of aromatic nitrogens is 2. The van der Waals surface area contributed by atoms with Crippen LogP contribution in [0.1, 0.15) is 45.1 Å². The van der Waals surface area contributed by atoms with Crippen LogP contribution in [0.3, 0.4) is 0 Å². The van der Waals surface area contributed by atoms with Crippen molar-refractivity contribution in [3.05, 3.63) is 80.0 Å². The molecule has 0 radical (unpaired) electrons. The molecule has 0 aliphatic carbocycles. The molecule has 2 N–H and O–H groups in total. The number of hydrogen-bond donors (Lipinski definition) is 2. The van der Waals surface area contributed by atoms with Crippen molar-refractivity contribution in [3.8, 4) is 0 Å². The Labute approximate surface area is 208 Å². The first-order chi connectivity index (χ1) is 16.8. The molecule has 2 aromatic carbocycles. The molecule has 8 nitrogen and oxygen atoms in total. The smallest absolute Gasteiger partial charge is 0.331 e. The molecule has 3 aromatic rings. The molecule has 0 saturated heterocycles. The van der Waals surface area contributed by atoms with Crippen molar-refractivity contribution in [1.29, 1.82) is 0 Å². The third-order valence-corrected chi connectivity index (χ3v) is 6.29. The normalized spacial score (nSPS) is 11.9. The van der Waals surface area contributed by atoms with Crippen LogP contribution < -0.4 is 21.9 Å². The van der Waals surface area contributed by atoms with E-state index in [1.165, 1.54) is 4.57 Å². The summed E-state index contributed by atoms with van der Waals surface area (Å²) in [6, 6.07) is 14.1. The summed E-state index contributed by atoms with van der Waals surface area (Å²) in [5.74, 6) is -0.415. The van der Waals surface area contributed by atoms with Gasteiger partial charge in [0.1, 0.15) is 6.54 Å². The first-order valence-electron chi connectivity index (χ1n) is 11.8. The molecule has 0 fully saturated rings. The summed E-state index contributed by atoms with van der Waals surface area (Å²) in [5.41, 5.74) is 0.337. The van der Waals surface area contributed by atoms with Crippen molar-refractivity contribution in [3.63, 3.8) is 0 Å². The zero-order valence-electron chi connectivity index (χ0n) is 20.1. The quantitative estimate of drug-likeness (QED) is 0.396. The van der Waals surface area contributed by atoms with Gasteiger partial charge in [0.05, 0.1) is 10.9 Å². The lowest BCUT2D eigenvalue weighted by atomic mass is 10.2. The Morgan fingerprint density at radius 3 is 2.43 bits per heavy atom. The van der Waals surface area contributed by atoms with Crippen LogP contribution >= 0.6 is 11.6 Å². The van der Waals surface area contributed by atoms with Gasteiger partial charge in [-0.3, -0.25) is 23.5 Å². The third kappa shape index (κ3) is 6.82. The number of fused-ring (bicyclic) bond motifs is 1. The van der Waals surface area contributed by atoms with Gasteiger partial charge in [0.25, 0.3) is 5.56 Å². The number of nitrogens with zero attached hydrogens (tertiary/aromatic N) is 2. The van der Waals surface area contributed by atoms with Crippen molar-refractivity contribution in [2.45, 2.75) is 65.2 Å². The van der Waals surface area contributed by atoms with Crippen LogP contribution in [-0.2, 0) is 29.2 Å². The summed E-state index contributed by atoms with van der Waals surface area (Å²) in [6.45, 7) is 4.18. The fourth-order valence-corrected chi connectivity index (χ4v) is 3.97. The van der Waals surface area contributed by atoms with Crippen LogP contribution in [0.25, 0.3) is 10.9 Å². The molecule has 0 unspecified atom stereocenters. The average Bonchev–Trinajstić information content (AvgIpc) is 2.85. The fourth-order valence-electron chi connectivity index (χ4n) is 3.77. The van der Waals surface area contributed by atoms with Gasteiger partial charge in [-0.25, -0.2) is 4.79 Å². The zero-order valence-corrected chi connectivity index (χ0v) is 20.8. The number of carbonyl (C=O) groups excluding carboxylic acids is 2. The molecule has 3 rings (SSSR count). The Kier molecular flexibility index (Phi) is 9.25. The highest BCUT2D eigenvalue weighted by Gasteiger charge is 2.16. The van der Waals surface area contributed by atoms with E-state index in [1.54, 1.807) is 30.3 Å². The van der Waals surface area contributed by atoms with Crippen LogP contribution in [0, 0.1) is 0 Å². The lowest BCUT2D eigenvalue weighted by molar-refractivity contribution is -0.122. The van der Waals surface area contributed by atoms with E-state index < -0.39 is 11.2 Å². The van der Waals surface area contributed by atoms with E-state index in [4.69, 9.17) is 11.6 Å². The summed E-state index contributed by atoms with van der Waals surface area (Å²) in [4.78, 5) is 50.8. The number of benzene rings is 2. The van der Waals surface area contributed by atoms with Gasteiger partial charge in [-0.2, -0.15) is 0 Å². The van der Waals surface area contributed by atoms with Crippen molar-refractivity contribution in [2.75, 3.05) is 0 Å². The number of nitrogens with one attached hydrogen (secondary N) is 2. The minimum absolute atomic E-state index is 0.0144. The minimum Gasteiger partial charge on any atom is -0.352 e. The third-order valence-electron chi connectivity index (χ3n) is 5.92. The van der Waals surface area contributed by atoms with E-state index in [0.717, 1.165) is 16.6 Å². The predicted octanol–water partition coefficient (Wildman–Crippen LogP) is 3.22. The fraction of sp³-hybridized carbons (Fsp3) is 0.385. The Hall–Kier alpha value is -3.39. The van der Waals surface area contributed by atoms with Crippen molar-refractivity contribution < 1.29 is 9.59 Å². The highest BCUT2D eigenvalue weighted by Crippen LogP contribution is 2.14. The molecule has 186 valence electrons. The van der Waals surface area contributed by atoms with Crippen molar-refractivity contribution >= 4 is 34.3 Å². The van der Waals surface area contributed by atoms with E-state index >= 15 is 0 Å². The number of unbranched alkanes of at least 4 members (excludes halogenated alkanes) is 1. The summed E-state index contributed by atoms with van der Waals surface area (Å²) in [6.07, 6.45) is 2.00. The zero-order chi connectivity index (χ0) is 25.4. The highest BCUT2D eigenvalue weighted by atomic mass is 35.5. The molecule has 35 heavy (non-hydrogen) atoms. The summed E-state index contributed by atoms with van der Waals surface area (Å²) < 4.78 is 2.49. The molecule has 1 heterocycles.